The van der Waals surface area contributed by atoms with Crippen molar-refractivity contribution in [3.63, 3.8) is 0 Å². The Balaban J connectivity index is 0.000000511. The molecule has 0 saturated heterocycles. The second kappa shape index (κ2) is 78.8. The highest BCUT2D eigenvalue weighted by atomic mass is 14.2. The summed E-state index contributed by atoms with van der Waals surface area (Å²) < 4.78 is 0. The van der Waals surface area contributed by atoms with Crippen molar-refractivity contribution in [1.29, 1.82) is 0 Å². The number of hydrogen-bond acceptors (Lipinski definition) is 0. The van der Waals surface area contributed by atoms with Crippen LogP contribution >= 0.6 is 0 Å². The maximum atomic E-state index is 2.37. The van der Waals surface area contributed by atoms with Crippen molar-refractivity contribution in [3.05, 3.63) is 496 Å². The largest absolute Gasteiger partial charge is 0.0654 e. The van der Waals surface area contributed by atoms with Crippen molar-refractivity contribution < 1.29 is 0 Å². The van der Waals surface area contributed by atoms with Gasteiger partial charge in [-0.15, -0.1) is 0 Å². The number of benzene rings is 14. The molecule has 0 saturated carbocycles. The summed E-state index contributed by atoms with van der Waals surface area (Å²) >= 11 is 0. The third kappa shape index (κ3) is 55.0. The van der Waals surface area contributed by atoms with Gasteiger partial charge >= 0.3 is 0 Å². The molecule has 0 amide bonds. The summed E-state index contributed by atoms with van der Waals surface area (Å²) in [6.07, 6.45) is 28.5. The van der Waals surface area contributed by atoms with Crippen LogP contribution in [0, 0.1) is 34.6 Å². The van der Waals surface area contributed by atoms with Crippen LogP contribution in [0.15, 0.2) is 346 Å². The SMILES string of the molecule is CC(C)c1ccccc1.CC(c1ccccc1)C(C)c1ccccc1.CCCCc1cc(CC)cc(CC)c1.CCCc1ccc(CC)cc1.CCCc1cccc(CC)c1.CCCc1ccccc1CC.CCc1ccc(C)c(C)c1.CCc1ccc(C)cc1.CCc1ccc(CC)cc1.CCc1cccc(C)c1.CCc1cccc(CC)c1.CCc1ccccc1C.CCc1ccccc1CC. The lowest BCUT2D eigenvalue weighted by Gasteiger charge is -2.20. The fraction of sp³-hybridized carbons (Fsp3) is 0.396. The Morgan fingerprint density at radius 2 is 0.446 bits per heavy atom. The highest BCUT2D eigenvalue weighted by Crippen LogP contribution is 2.32. The minimum absolute atomic E-state index is 0.559. The Labute approximate surface area is 855 Å². The van der Waals surface area contributed by atoms with Gasteiger partial charge in [-0.1, -0.05) is 542 Å². The average molecular weight is 1860 g/mol. The van der Waals surface area contributed by atoms with Crippen LogP contribution in [0.3, 0.4) is 0 Å². The summed E-state index contributed by atoms with van der Waals surface area (Å²) in [5.74, 6) is 1.78. The van der Waals surface area contributed by atoms with Gasteiger partial charge in [0.2, 0.25) is 0 Å². The van der Waals surface area contributed by atoms with Gasteiger partial charge in [0.05, 0.1) is 0 Å². The molecule has 0 aromatic heterocycles. The smallest absolute Gasteiger partial charge is 0.0124 e. The molecule has 0 aliphatic heterocycles. The van der Waals surface area contributed by atoms with Crippen molar-refractivity contribution in [1.82, 2.24) is 0 Å². The average Bonchev–Trinajstić information content (AvgIpc) is 0.846. The van der Waals surface area contributed by atoms with E-state index in [9.17, 15) is 0 Å². The number of unbranched alkanes of at least 4 members (excludes halogenated alkanes) is 1. The van der Waals surface area contributed by atoms with Crippen molar-refractivity contribution >= 4 is 0 Å². The summed E-state index contributed by atoms with van der Waals surface area (Å²) in [7, 11) is 0. The van der Waals surface area contributed by atoms with Crippen LogP contribution in [0.5, 0.6) is 0 Å². The van der Waals surface area contributed by atoms with Crippen molar-refractivity contribution in [2.24, 2.45) is 0 Å². The summed E-state index contributed by atoms with van der Waals surface area (Å²) in [5, 5.41) is 0. The molecule has 2 atom stereocenters. The van der Waals surface area contributed by atoms with Gasteiger partial charge in [-0.05, 0) is 320 Å². The lowest BCUT2D eigenvalue weighted by Crippen LogP contribution is -2.04. The molecule has 0 heterocycles. The molecular weight excluding hydrogens is 1670 g/mol. The van der Waals surface area contributed by atoms with Gasteiger partial charge in [-0.3, -0.25) is 0 Å². The van der Waals surface area contributed by atoms with Gasteiger partial charge in [0.1, 0.15) is 0 Å². The van der Waals surface area contributed by atoms with Crippen LogP contribution in [0.1, 0.15) is 359 Å². The van der Waals surface area contributed by atoms with E-state index in [0.717, 1.165) is 96.3 Å². The first kappa shape index (κ1) is 124. The third-order valence-corrected chi connectivity index (χ3v) is 25.7. The van der Waals surface area contributed by atoms with E-state index in [1.54, 1.807) is 0 Å². The molecular formula is C139H192. The lowest BCUT2D eigenvalue weighted by molar-refractivity contribution is 0.624. The highest BCUT2D eigenvalue weighted by molar-refractivity contribution is 5.36. The first-order valence-corrected chi connectivity index (χ1v) is 54.3. The zero-order valence-corrected chi connectivity index (χ0v) is 93.1. The summed E-state index contributed by atoms with van der Waals surface area (Å²) in [5.41, 5.74) is 39.0. The molecule has 0 fully saturated rings. The Morgan fingerprint density at radius 1 is 0.158 bits per heavy atom. The van der Waals surface area contributed by atoms with E-state index in [0.29, 0.717) is 17.8 Å². The summed E-state index contributed by atoms with van der Waals surface area (Å²) in [4.78, 5) is 0. The summed E-state index contributed by atoms with van der Waals surface area (Å²) in [6, 6.07) is 124. The molecule has 14 aromatic carbocycles. The normalized spacial score (nSPS) is 10.4. The van der Waals surface area contributed by atoms with Crippen molar-refractivity contribution in [3.8, 4) is 0 Å². The molecule has 0 N–H and O–H groups in total. The van der Waals surface area contributed by atoms with Gasteiger partial charge in [0.15, 0.2) is 0 Å². The molecule has 0 aliphatic rings. The van der Waals surface area contributed by atoms with Crippen LogP contribution in [-0.4, -0.2) is 0 Å². The molecule has 0 heteroatoms. The standard InChI is InChI=1S/C16H18.C14H22.3C11H16.4C10H14.4C9H12/c1-13(15-9-5-3-6-10-15)14(2)16-11-7-4-8-12-16;1-4-7-8-14-10-12(5-2)9-13(6-3)11-14;1-3-7-11-9-6-5-8-10(11)4-2;1-3-6-11-8-5-7-10(4-2)9-11;1-3-5-11-8-6-10(4-2)7-9-11;1-4-10-6-5-8(2)9(3)7-10;1-3-9-5-7-10(4-2)8-6-9;1-3-9-6-5-7-10(4-2)8-9;1-3-9-7-5-6-8-10(9)4-2;1-8(2)9-6-4-3-5-7-9;1-3-9-6-4-8(2)5-7-9;1-3-9-6-4-5-8(2)7-9;1-3-9-7-5-4-6-8(9)2/h3-14H,1-2H3;9-11H,4-8H2,1-3H3;5-6,8-9H,3-4,7H2,1-2H3;5,7-9H,3-4,6H2,1-2H3;6-9H,3-5H2,1-2H3;5-7H,4H2,1-3H3;3*5-8H,3-4H2,1-2H3;3-8H,1-2H3;3*4-7H,3H2,1-2H3. The number of aryl methyl sites for hydroxylation is 24. The third-order valence-electron chi connectivity index (χ3n) is 25.7. The monoisotopic (exact) mass is 1860 g/mol. The molecule has 748 valence electrons. The van der Waals surface area contributed by atoms with E-state index in [1.807, 2.05) is 6.07 Å². The molecule has 0 radical (unpaired) electrons. The zero-order chi connectivity index (χ0) is 103. The van der Waals surface area contributed by atoms with E-state index >= 15 is 0 Å². The predicted octanol–water partition coefficient (Wildman–Crippen LogP) is 40.1. The van der Waals surface area contributed by atoms with Gasteiger partial charge < -0.3 is 0 Å². The molecule has 139 heavy (non-hydrogen) atoms. The molecule has 14 rings (SSSR count). The Bertz CT molecular complexity index is 5160. The predicted molar refractivity (Wildman–Crippen MR) is 626 cm³/mol. The van der Waals surface area contributed by atoms with Gasteiger partial charge in [-0.25, -0.2) is 0 Å². The fourth-order valence-electron chi connectivity index (χ4n) is 15.8. The van der Waals surface area contributed by atoms with Crippen LogP contribution in [0.2, 0.25) is 0 Å². The number of rotatable bonds is 28. The maximum absolute atomic E-state index is 2.37. The Hall–Kier alpha value is -10.9. The Morgan fingerprint density at radius 3 is 0.777 bits per heavy atom. The van der Waals surface area contributed by atoms with Crippen molar-refractivity contribution in [2.45, 2.75) is 366 Å². The van der Waals surface area contributed by atoms with Gasteiger partial charge in [0.25, 0.3) is 0 Å². The van der Waals surface area contributed by atoms with Crippen LogP contribution in [0.25, 0.3) is 0 Å². The van der Waals surface area contributed by atoms with Gasteiger partial charge in [-0.2, -0.15) is 0 Å². The second-order valence-electron chi connectivity index (χ2n) is 36.9. The minimum Gasteiger partial charge on any atom is -0.0654 e. The van der Waals surface area contributed by atoms with Crippen LogP contribution < -0.4 is 0 Å². The first-order chi connectivity index (χ1) is 67.3. The van der Waals surface area contributed by atoms with E-state index in [-0.39, 0.29) is 0 Å². The van der Waals surface area contributed by atoms with E-state index in [1.165, 1.54) is 208 Å². The fourth-order valence-corrected chi connectivity index (χ4v) is 15.8. The molecule has 2 unspecified atom stereocenters. The quantitative estimate of drug-likeness (QED) is 0.0458. The van der Waals surface area contributed by atoms with Crippen LogP contribution in [-0.2, 0) is 122 Å². The number of hydrogen-bond donors (Lipinski definition) is 0. The molecule has 14 aromatic rings. The first-order valence-electron chi connectivity index (χ1n) is 54.3. The second-order valence-corrected chi connectivity index (χ2v) is 36.9. The molecule has 0 aliphatic carbocycles. The molecule has 0 spiro atoms. The van der Waals surface area contributed by atoms with Gasteiger partial charge in [0, 0.05) is 0 Å². The maximum Gasteiger partial charge on any atom is -0.0124 e. The highest BCUT2D eigenvalue weighted by Gasteiger charge is 2.16. The van der Waals surface area contributed by atoms with Crippen LogP contribution in [0.4, 0.5) is 0 Å². The zero-order valence-electron chi connectivity index (χ0n) is 93.1. The lowest BCUT2D eigenvalue weighted by atomic mass is 9.84. The van der Waals surface area contributed by atoms with E-state index in [4.69, 9.17) is 0 Å². The summed E-state index contributed by atoms with van der Waals surface area (Å²) in [6.45, 7) is 61.6. The topological polar surface area (TPSA) is 0 Å². The molecule has 0 bridgehead atoms. The van der Waals surface area contributed by atoms with E-state index in [2.05, 4.69) is 534 Å². The van der Waals surface area contributed by atoms with E-state index < -0.39 is 0 Å². The minimum atomic E-state index is 0.559. The molecule has 0 nitrogen and oxygen atoms in total. The Kier molecular flexibility index (Phi) is 70.4. The van der Waals surface area contributed by atoms with Crippen molar-refractivity contribution in [2.75, 3.05) is 0 Å².